The molecule has 0 aliphatic rings. The van der Waals surface area contributed by atoms with Crippen LogP contribution in [0.25, 0.3) is 22.3 Å². The summed E-state index contributed by atoms with van der Waals surface area (Å²) in [6, 6.07) is 26.5. The van der Waals surface area contributed by atoms with E-state index in [0.29, 0.717) is 0 Å². The normalized spacial score (nSPS) is 11.9. The van der Waals surface area contributed by atoms with Crippen LogP contribution in [0.15, 0.2) is 88.7 Å². The van der Waals surface area contributed by atoms with Gasteiger partial charge in [0.05, 0.1) is 22.8 Å². The van der Waals surface area contributed by atoms with Crippen molar-refractivity contribution in [3.63, 3.8) is 0 Å². The fourth-order valence-electron chi connectivity index (χ4n) is 4.19. The number of methoxy groups -OCH3 is 1. The number of hydrogen-bond acceptors (Lipinski definition) is 2. The van der Waals surface area contributed by atoms with Crippen LogP contribution in [0.1, 0.15) is 22.3 Å². The molecule has 0 aliphatic carbocycles. The Morgan fingerprint density at radius 3 is 2.03 bits per heavy atom. The van der Waals surface area contributed by atoms with Crippen molar-refractivity contribution in [2.45, 2.75) is 37.5 Å². The molecule has 4 rings (SSSR count). The van der Waals surface area contributed by atoms with Crippen molar-refractivity contribution in [1.82, 2.24) is 0 Å². The van der Waals surface area contributed by atoms with Crippen LogP contribution >= 0.6 is 0 Å². The average molecular weight is 441 g/mol. The van der Waals surface area contributed by atoms with Gasteiger partial charge in [0.1, 0.15) is 5.75 Å². The minimum Gasteiger partial charge on any atom is -0.496 e. The molecule has 3 heteroatoms. The number of aryl methyl sites for hydroxylation is 4. The molecule has 0 aromatic heterocycles. The van der Waals surface area contributed by atoms with Gasteiger partial charge in [-0.2, -0.15) is 0 Å². The second-order valence-electron chi connectivity index (χ2n) is 8.23. The zero-order valence-electron chi connectivity index (χ0n) is 19.2. The molecule has 0 unspecified atom stereocenters. The molecule has 0 saturated carbocycles. The molecule has 0 amide bonds. The zero-order valence-corrected chi connectivity index (χ0v) is 20.0. The molecule has 162 valence electrons. The lowest BCUT2D eigenvalue weighted by molar-refractivity contribution is 0.416. The highest BCUT2D eigenvalue weighted by molar-refractivity contribution is 7.85. The number of benzene rings is 4. The van der Waals surface area contributed by atoms with Crippen LogP contribution in [0, 0.1) is 27.7 Å². The Hall–Kier alpha value is -3.17. The van der Waals surface area contributed by atoms with Crippen molar-refractivity contribution >= 4 is 10.8 Å². The van der Waals surface area contributed by atoms with Crippen molar-refractivity contribution in [2.75, 3.05) is 7.11 Å². The first-order valence-electron chi connectivity index (χ1n) is 10.7. The fourth-order valence-corrected chi connectivity index (χ4v) is 5.40. The fraction of sp³-hybridized carbons (Fsp3) is 0.172. The molecule has 0 spiro atoms. The molecule has 32 heavy (non-hydrogen) atoms. The van der Waals surface area contributed by atoms with Crippen LogP contribution in [0.5, 0.6) is 5.75 Å². The first kappa shape index (κ1) is 22.0. The summed E-state index contributed by atoms with van der Waals surface area (Å²) in [4.78, 5) is 1.61. The molecule has 4 aromatic rings. The standard InChI is InChI=1S/C29H28O2S/c1-19-10-14-23(15-11-19)32(30)27-9-7-6-8-25(27)28-21(3)13-17-26(31-5)29(28)24-16-12-20(2)18-22(24)4/h6-18H,1-5H3/t32-/m0/s1. The van der Waals surface area contributed by atoms with E-state index in [-0.39, 0.29) is 0 Å². The molecule has 0 fully saturated rings. The van der Waals surface area contributed by atoms with Gasteiger partial charge in [-0.25, -0.2) is 4.21 Å². The minimum absolute atomic E-state index is 0.802. The highest BCUT2D eigenvalue weighted by Gasteiger charge is 2.21. The maximum absolute atomic E-state index is 13.7. The molecule has 0 N–H and O–H groups in total. The summed E-state index contributed by atoms with van der Waals surface area (Å²) < 4.78 is 19.5. The van der Waals surface area contributed by atoms with Crippen LogP contribution in [-0.2, 0) is 10.8 Å². The Morgan fingerprint density at radius 2 is 1.34 bits per heavy atom. The number of ether oxygens (including phenoxy) is 1. The predicted molar refractivity (Wildman–Crippen MR) is 134 cm³/mol. The molecule has 0 aliphatic heterocycles. The Morgan fingerprint density at radius 1 is 0.656 bits per heavy atom. The highest BCUT2D eigenvalue weighted by atomic mass is 32.2. The first-order chi connectivity index (χ1) is 15.4. The Kier molecular flexibility index (Phi) is 6.29. The van der Waals surface area contributed by atoms with Crippen molar-refractivity contribution in [2.24, 2.45) is 0 Å². The predicted octanol–water partition coefficient (Wildman–Crippen LogP) is 7.43. The van der Waals surface area contributed by atoms with Gasteiger partial charge in [-0.3, -0.25) is 0 Å². The third kappa shape index (κ3) is 4.13. The number of hydrogen-bond donors (Lipinski definition) is 0. The van der Waals surface area contributed by atoms with Crippen molar-refractivity contribution < 1.29 is 8.95 Å². The Labute approximate surface area is 193 Å². The van der Waals surface area contributed by atoms with Gasteiger partial charge < -0.3 is 4.74 Å². The highest BCUT2D eigenvalue weighted by Crippen LogP contribution is 2.44. The average Bonchev–Trinajstić information content (AvgIpc) is 2.79. The Balaban J connectivity index is 1.99. The molecule has 0 heterocycles. The SMILES string of the molecule is COc1ccc(C)c(-c2ccccc2[S@@](=O)c2ccc(C)cc2)c1-c1ccc(C)cc1C. The largest absolute Gasteiger partial charge is 0.496 e. The van der Waals surface area contributed by atoms with Gasteiger partial charge >= 0.3 is 0 Å². The summed E-state index contributed by atoms with van der Waals surface area (Å²) in [5.74, 6) is 0.813. The summed E-state index contributed by atoms with van der Waals surface area (Å²) in [7, 11) is 0.408. The van der Waals surface area contributed by atoms with E-state index in [9.17, 15) is 4.21 Å². The van der Waals surface area contributed by atoms with E-state index in [0.717, 1.165) is 48.9 Å². The maximum Gasteiger partial charge on any atom is 0.127 e. The van der Waals surface area contributed by atoms with E-state index in [2.05, 4.69) is 51.1 Å². The van der Waals surface area contributed by atoms with E-state index in [1.54, 1.807) is 7.11 Å². The third-order valence-electron chi connectivity index (χ3n) is 5.84. The monoisotopic (exact) mass is 440 g/mol. The molecule has 2 nitrogen and oxygen atoms in total. The van der Waals surface area contributed by atoms with Crippen LogP contribution in [-0.4, -0.2) is 11.3 Å². The van der Waals surface area contributed by atoms with Crippen LogP contribution in [0.2, 0.25) is 0 Å². The first-order valence-corrected chi connectivity index (χ1v) is 11.9. The van der Waals surface area contributed by atoms with Crippen molar-refractivity contribution in [3.8, 4) is 28.0 Å². The smallest absolute Gasteiger partial charge is 0.127 e. The molecular formula is C29H28O2S. The van der Waals surface area contributed by atoms with Gasteiger partial charge in [-0.15, -0.1) is 0 Å². The van der Waals surface area contributed by atoms with Gasteiger partial charge in [-0.05, 0) is 79.8 Å². The second kappa shape index (κ2) is 9.13. The van der Waals surface area contributed by atoms with E-state index in [1.165, 1.54) is 11.1 Å². The Bertz CT molecular complexity index is 1300. The van der Waals surface area contributed by atoms with E-state index >= 15 is 0 Å². The van der Waals surface area contributed by atoms with Crippen molar-refractivity contribution in [1.29, 1.82) is 0 Å². The van der Waals surface area contributed by atoms with Gasteiger partial charge in [-0.1, -0.05) is 65.7 Å². The molecule has 4 aromatic carbocycles. The summed E-state index contributed by atoms with van der Waals surface area (Å²) in [6.45, 7) is 8.37. The second-order valence-corrected chi connectivity index (χ2v) is 9.68. The van der Waals surface area contributed by atoms with Gasteiger partial charge in [0.25, 0.3) is 0 Å². The van der Waals surface area contributed by atoms with E-state index in [4.69, 9.17) is 4.74 Å². The lowest BCUT2D eigenvalue weighted by Gasteiger charge is -2.21. The van der Waals surface area contributed by atoms with Crippen LogP contribution in [0.3, 0.4) is 0 Å². The molecule has 0 saturated heterocycles. The van der Waals surface area contributed by atoms with Gasteiger partial charge in [0.15, 0.2) is 0 Å². The summed E-state index contributed by atoms with van der Waals surface area (Å²) in [5, 5.41) is 0. The quantitative estimate of drug-likeness (QED) is 0.322. The number of rotatable bonds is 5. The summed E-state index contributed by atoms with van der Waals surface area (Å²) >= 11 is 0. The molecule has 0 bridgehead atoms. The molecular weight excluding hydrogens is 412 g/mol. The van der Waals surface area contributed by atoms with Crippen molar-refractivity contribution in [3.05, 3.63) is 101 Å². The molecule has 0 radical (unpaired) electrons. The molecule has 1 atom stereocenters. The van der Waals surface area contributed by atoms with E-state index < -0.39 is 10.8 Å². The minimum atomic E-state index is -1.30. The van der Waals surface area contributed by atoms with Crippen LogP contribution in [0.4, 0.5) is 0 Å². The summed E-state index contributed by atoms with van der Waals surface area (Å²) in [5.41, 5.74) is 8.88. The summed E-state index contributed by atoms with van der Waals surface area (Å²) in [6.07, 6.45) is 0. The topological polar surface area (TPSA) is 26.3 Å². The van der Waals surface area contributed by atoms with E-state index in [1.807, 2.05) is 55.5 Å². The lowest BCUT2D eigenvalue weighted by atomic mass is 9.88. The third-order valence-corrected chi connectivity index (χ3v) is 7.29. The van der Waals surface area contributed by atoms with Gasteiger partial charge in [0, 0.05) is 10.5 Å². The zero-order chi connectivity index (χ0) is 22.8. The lowest BCUT2D eigenvalue weighted by Crippen LogP contribution is -2.00. The van der Waals surface area contributed by atoms with Gasteiger partial charge in [0.2, 0.25) is 0 Å². The maximum atomic E-state index is 13.7. The van der Waals surface area contributed by atoms with Crippen LogP contribution < -0.4 is 4.74 Å².